The number of alkyl halides is 1. The maximum atomic E-state index is 12.4. The highest BCUT2D eigenvalue weighted by Gasteiger charge is 2.20. The Hall–Kier alpha value is -0.630. The van der Waals surface area contributed by atoms with Gasteiger partial charge >= 0.3 is 0 Å². The third-order valence-corrected chi connectivity index (χ3v) is 5.68. The summed E-state index contributed by atoms with van der Waals surface area (Å²) in [6.45, 7) is 1.92. The summed E-state index contributed by atoms with van der Waals surface area (Å²) in [5.41, 5.74) is 1.92. The fourth-order valence-electron chi connectivity index (χ4n) is 1.86. The molecule has 0 aliphatic rings. The van der Waals surface area contributed by atoms with E-state index in [0.29, 0.717) is 9.45 Å². The van der Waals surface area contributed by atoms with Crippen LogP contribution in [-0.2, 0) is 10.0 Å². The summed E-state index contributed by atoms with van der Waals surface area (Å²) in [4.78, 5) is 0.275. The predicted octanol–water partition coefficient (Wildman–Crippen LogP) is 4.10. The molecule has 2 rings (SSSR count). The third-order valence-electron chi connectivity index (χ3n) is 3.06. The summed E-state index contributed by atoms with van der Waals surface area (Å²) in [6.07, 6.45) is 0. The van der Waals surface area contributed by atoms with Crippen molar-refractivity contribution in [2.75, 3.05) is 4.43 Å². The first kappa shape index (κ1) is 16.7. The standard InChI is InChI=1S/C15H15ClINO2S/c1-11-2-8-14(9-3-11)21(19,20)18-15(10-17)12-4-6-13(16)7-5-12/h2-9,15,18H,10H2,1H3. The Morgan fingerprint density at radius 3 is 2.19 bits per heavy atom. The molecular weight excluding hydrogens is 421 g/mol. The summed E-state index contributed by atoms with van der Waals surface area (Å²) >= 11 is 8.03. The van der Waals surface area contributed by atoms with Crippen LogP contribution in [-0.4, -0.2) is 12.8 Å². The zero-order valence-electron chi connectivity index (χ0n) is 11.4. The van der Waals surface area contributed by atoms with Gasteiger partial charge in [0.25, 0.3) is 0 Å². The highest BCUT2D eigenvalue weighted by molar-refractivity contribution is 14.1. The van der Waals surface area contributed by atoms with Crippen LogP contribution in [0.5, 0.6) is 0 Å². The minimum Gasteiger partial charge on any atom is -0.207 e. The van der Waals surface area contributed by atoms with E-state index in [0.717, 1.165) is 11.1 Å². The second kappa shape index (κ2) is 7.09. The molecule has 1 atom stereocenters. The topological polar surface area (TPSA) is 46.2 Å². The molecule has 0 saturated heterocycles. The Kier molecular flexibility index (Phi) is 5.65. The van der Waals surface area contributed by atoms with E-state index in [2.05, 4.69) is 27.3 Å². The predicted molar refractivity (Wildman–Crippen MR) is 94.6 cm³/mol. The van der Waals surface area contributed by atoms with E-state index in [9.17, 15) is 8.42 Å². The first-order valence-electron chi connectivity index (χ1n) is 6.33. The van der Waals surface area contributed by atoms with Crippen molar-refractivity contribution in [3.63, 3.8) is 0 Å². The van der Waals surface area contributed by atoms with E-state index in [1.807, 2.05) is 19.1 Å². The largest absolute Gasteiger partial charge is 0.241 e. The lowest BCUT2D eigenvalue weighted by Crippen LogP contribution is -2.29. The van der Waals surface area contributed by atoms with Gasteiger partial charge in [0.1, 0.15) is 0 Å². The number of hydrogen-bond acceptors (Lipinski definition) is 2. The van der Waals surface area contributed by atoms with Crippen molar-refractivity contribution in [1.82, 2.24) is 4.72 Å². The van der Waals surface area contributed by atoms with Crippen LogP contribution >= 0.6 is 34.2 Å². The molecule has 2 aromatic rings. The smallest absolute Gasteiger partial charge is 0.207 e. The molecule has 0 radical (unpaired) electrons. The lowest BCUT2D eigenvalue weighted by molar-refractivity contribution is 0.569. The Bertz CT molecular complexity index is 699. The second-order valence-electron chi connectivity index (χ2n) is 4.69. The molecule has 0 aromatic heterocycles. The lowest BCUT2D eigenvalue weighted by Gasteiger charge is -2.17. The molecular formula is C15H15ClINO2S. The highest BCUT2D eigenvalue weighted by Crippen LogP contribution is 2.21. The zero-order valence-corrected chi connectivity index (χ0v) is 15.1. The number of benzene rings is 2. The average Bonchev–Trinajstić information content (AvgIpc) is 2.46. The van der Waals surface area contributed by atoms with Gasteiger partial charge in [-0.15, -0.1) is 0 Å². The van der Waals surface area contributed by atoms with Crippen LogP contribution in [0.2, 0.25) is 5.02 Å². The molecule has 0 spiro atoms. The monoisotopic (exact) mass is 435 g/mol. The molecule has 0 aliphatic heterocycles. The van der Waals surface area contributed by atoms with Crippen LogP contribution in [0.1, 0.15) is 17.2 Å². The molecule has 112 valence electrons. The molecule has 0 bridgehead atoms. The lowest BCUT2D eigenvalue weighted by atomic mass is 10.1. The molecule has 0 heterocycles. The molecule has 2 aromatic carbocycles. The zero-order chi connectivity index (χ0) is 15.5. The Labute approximate surface area is 143 Å². The van der Waals surface area contributed by atoms with Crippen LogP contribution in [0.3, 0.4) is 0 Å². The summed E-state index contributed by atoms with van der Waals surface area (Å²) in [5.74, 6) is 0. The number of aryl methyl sites for hydroxylation is 1. The fraction of sp³-hybridized carbons (Fsp3) is 0.200. The van der Waals surface area contributed by atoms with Gasteiger partial charge in [0.15, 0.2) is 0 Å². The molecule has 0 fully saturated rings. The molecule has 6 heteroatoms. The first-order chi connectivity index (χ1) is 9.92. The molecule has 0 amide bonds. The number of nitrogens with one attached hydrogen (secondary N) is 1. The van der Waals surface area contributed by atoms with Crippen LogP contribution in [0.15, 0.2) is 53.4 Å². The third kappa shape index (κ3) is 4.42. The van der Waals surface area contributed by atoms with Crippen LogP contribution in [0.25, 0.3) is 0 Å². The van der Waals surface area contributed by atoms with Crippen LogP contribution in [0.4, 0.5) is 0 Å². The van der Waals surface area contributed by atoms with Crippen LogP contribution < -0.4 is 4.72 Å². The quantitative estimate of drug-likeness (QED) is 0.568. The van der Waals surface area contributed by atoms with Gasteiger partial charge in [-0.25, -0.2) is 13.1 Å². The summed E-state index contributed by atoms with van der Waals surface area (Å²) in [5, 5.41) is 0.632. The molecule has 21 heavy (non-hydrogen) atoms. The minimum atomic E-state index is -3.53. The molecule has 1 N–H and O–H groups in total. The van der Waals surface area contributed by atoms with E-state index in [-0.39, 0.29) is 10.9 Å². The van der Waals surface area contributed by atoms with Crippen molar-refractivity contribution in [3.05, 3.63) is 64.7 Å². The first-order valence-corrected chi connectivity index (χ1v) is 9.71. The highest BCUT2D eigenvalue weighted by atomic mass is 127. The van der Waals surface area contributed by atoms with Crippen molar-refractivity contribution in [2.24, 2.45) is 0 Å². The van der Waals surface area contributed by atoms with Crippen molar-refractivity contribution < 1.29 is 8.42 Å². The van der Waals surface area contributed by atoms with Gasteiger partial charge in [-0.1, -0.05) is 64.0 Å². The molecule has 0 aliphatic carbocycles. The van der Waals surface area contributed by atoms with E-state index in [4.69, 9.17) is 11.6 Å². The van der Waals surface area contributed by atoms with Crippen molar-refractivity contribution >= 4 is 44.2 Å². The van der Waals surface area contributed by atoms with Gasteiger partial charge in [0.2, 0.25) is 10.0 Å². The van der Waals surface area contributed by atoms with E-state index in [1.165, 1.54) is 0 Å². The van der Waals surface area contributed by atoms with Gasteiger partial charge in [0.05, 0.1) is 10.9 Å². The van der Waals surface area contributed by atoms with Crippen molar-refractivity contribution in [2.45, 2.75) is 17.9 Å². The van der Waals surface area contributed by atoms with E-state index < -0.39 is 10.0 Å². The number of halogens is 2. The van der Waals surface area contributed by atoms with Crippen molar-refractivity contribution in [3.8, 4) is 0 Å². The van der Waals surface area contributed by atoms with Crippen molar-refractivity contribution in [1.29, 1.82) is 0 Å². The maximum absolute atomic E-state index is 12.4. The number of sulfonamides is 1. The van der Waals surface area contributed by atoms with Gasteiger partial charge < -0.3 is 0 Å². The normalized spacial score (nSPS) is 13.1. The molecule has 3 nitrogen and oxygen atoms in total. The Morgan fingerprint density at radius 1 is 1.10 bits per heavy atom. The van der Waals surface area contributed by atoms with Gasteiger partial charge in [0, 0.05) is 9.45 Å². The van der Waals surface area contributed by atoms with Gasteiger partial charge in [-0.2, -0.15) is 0 Å². The SMILES string of the molecule is Cc1ccc(S(=O)(=O)NC(CI)c2ccc(Cl)cc2)cc1. The number of rotatable bonds is 5. The Morgan fingerprint density at radius 2 is 1.67 bits per heavy atom. The fourth-order valence-corrected chi connectivity index (χ4v) is 4.23. The summed E-state index contributed by atoms with van der Waals surface area (Å²) in [7, 11) is -3.53. The van der Waals surface area contributed by atoms with Gasteiger partial charge in [-0.3, -0.25) is 0 Å². The Balaban J connectivity index is 2.24. The van der Waals surface area contributed by atoms with E-state index in [1.54, 1.807) is 36.4 Å². The second-order valence-corrected chi connectivity index (χ2v) is 7.72. The average molecular weight is 436 g/mol. The molecule has 1 unspecified atom stereocenters. The minimum absolute atomic E-state index is 0.275. The number of hydrogen-bond donors (Lipinski definition) is 1. The summed E-state index contributed by atoms with van der Waals surface area (Å²) < 4.78 is 28.2. The van der Waals surface area contributed by atoms with Crippen LogP contribution in [0, 0.1) is 6.92 Å². The van der Waals surface area contributed by atoms with Gasteiger partial charge in [-0.05, 0) is 36.8 Å². The van der Waals surface area contributed by atoms with E-state index >= 15 is 0 Å². The summed E-state index contributed by atoms with van der Waals surface area (Å²) in [6, 6.07) is 13.7. The molecule has 0 saturated carbocycles. The maximum Gasteiger partial charge on any atom is 0.241 e.